The van der Waals surface area contributed by atoms with Crippen molar-refractivity contribution in [2.45, 2.75) is 12.3 Å². The van der Waals surface area contributed by atoms with Gasteiger partial charge in [-0.05, 0) is 12.1 Å². The highest BCUT2D eigenvalue weighted by Gasteiger charge is 2.21. The van der Waals surface area contributed by atoms with E-state index in [1.807, 2.05) is 22.8 Å². The normalized spacial score (nSPS) is 23.6. The van der Waals surface area contributed by atoms with Crippen LogP contribution in [-0.4, -0.2) is 32.4 Å². The minimum absolute atomic E-state index is 0.0245. The van der Waals surface area contributed by atoms with Crippen LogP contribution in [0.5, 0.6) is 0 Å². The van der Waals surface area contributed by atoms with Crippen molar-refractivity contribution in [3.63, 3.8) is 0 Å². The van der Waals surface area contributed by atoms with Crippen molar-refractivity contribution >= 4 is 16.9 Å². The van der Waals surface area contributed by atoms with E-state index in [0.717, 1.165) is 5.52 Å². The van der Waals surface area contributed by atoms with E-state index < -0.39 is 0 Å². The highest BCUT2D eigenvalue weighted by Crippen LogP contribution is 2.26. The number of aliphatic hydroxyl groups is 1. The molecule has 2 aromatic heterocycles. The number of hydrogen-bond donors (Lipinski definition) is 2. The molecule has 0 aromatic carbocycles. The van der Waals surface area contributed by atoms with Crippen molar-refractivity contribution in [2.24, 2.45) is 0 Å². The van der Waals surface area contributed by atoms with Gasteiger partial charge in [-0.2, -0.15) is 0 Å². The maximum atomic E-state index is 9.01. The molecular formula is C11H12N4O2. The Morgan fingerprint density at radius 2 is 2.29 bits per heavy atom. The number of nitrogen functional groups attached to an aromatic ring is 1. The number of hydrogen-bond acceptors (Lipinski definition) is 5. The summed E-state index contributed by atoms with van der Waals surface area (Å²) in [4.78, 5) is 8.19. The number of rotatable bonds is 2. The van der Waals surface area contributed by atoms with Gasteiger partial charge in [-0.25, -0.2) is 9.97 Å². The molecule has 0 amide bonds. The maximum Gasteiger partial charge on any atom is 0.155 e. The van der Waals surface area contributed by atoms with Gasteiger partial charge < -0.3 is 15.6 Å². The van der Waals surface area contributed by atoms with Gasteiger partial charge in [0, 0.05) is 6.20 Å². The van der Waals surface area contributed by atoms with Gasteiger partial charge in [-0.1, -0.05) is 6.08 Å². The lowest BCUT2D eigenvalue weighted by atomic mass is 10.3. The Balaban J connectivity index is 2.02. The van der Waals surface area contributed by atoms with Crippen LogP contribution in [0.4, 0.5) is 5.82 Å². The van der Waals surface area contributed by atoms with E-state index in [9.17, 15) is 0 Å². The zero-order chi connectivity index (χ0) is 11.8. The smallest absolute Gasteiger partial charge is 0.155 e. The number of ether oxygens (including phenoxy) is 1. The van der Waals surface area contributed by atoms with Crippen molar-refractivity contribution in [2.75, 3.05) is 12.3 Å². The van der Waals surface area contributed by atoms with Crippen molar-refractivity contribution in [1.29, 1.82) is 0 Å². The number of aliphatic hydroxyl groups excluding tert-OH is 1. The van der Waals surface area contributed by atoms with Crippen LogP contribution in [0.1, 0.15) is 6.23 Å². The molecule has 0 fully saturated rings. The molecule has 0 aliphatic carbocycles. The summed E-state index contributed by atoms with van der Waals surface area (Å²) in [5.74, 6) is 0.405. The molecular weight excluding hydrogens is 220 g/mol. The average Bonchev–Trinajstić information content (AvgIpc) is 2.94. The Kier molecular flexibility index (Phi) is 2.31. The molecule has 0 spiro atoms. The van der Waals surface area contributed by atoms with Crippen molar-refractivity contribution in [3.05, 3.63) is 30.7 Å². The third-order valence-corrected chi connectivity index (χ3v) is 2.78. The van der Waals surface area contributed by atoms with E-state index >= 15 is 0 Å². The number of pyridine rings is 1. The van der Waals surface area contributed by atoms with Gasteiger partial charge in [0.2, 0.25) is 0 Å². The lowest BCUT2D eigenvalue weighted by Crippen LogP contribution is -2.14. The molecule has 3 heterocycles. The van der Waals surface area contributed by atoms with Crippen molar-refractivity contribution in [1.82, 2.24) is 14.5 Å². The second-order valence-electron chi connectivity index (χ2n) is 3.85. The third-order valence-electron chi connectivity index (χ3n) is 2.78. The highest BCUT2D eigenvalue weighted by molar-refractivity contribution is 5.84. The molecule has 3 N–H and O–H groups in total. The molecule has 88 valence electrons. The van der Waals surface area contributed by atoms with Crippen LogP contribution in [0.15, 0.2) is 30.7 Å². The van der Waals surface area contributed by atoms with Gasteiger partial charge in [0.25, 0.3) is 0 Å². The van der Waals surface area contributed by atoms with Gasteiger partial charge in [-0.3, -0.25) is 4.57 Å². The average molecular weight is 232 g/mol. The number of imidazole rings is 1. The molecule has 17 heavy (non-hydrogen) atoms. The van der Waals surface area contributed by atoms with Crippen LogP contribution in [0.3, 0.4) is 0 Å². The summed E-state index contributed by atoms with van der Waals surface area (Å²) < 4.78 is 7.46. The SMILES string of the molecule is Nc1nccc2c1ncn2[C@H]1C=C[C@@H](CO)O1. The fraction of sp³-hybridized carbons (Fsp3) is 0.273. The van der Waals surface area contributed by atoms with E-state index in [0.29, 0.717) is 11.3 Å². The molecule has 1 aliphatic heterocycles. The first-order valence-electron chi connectivity index (χ1n) is 5.31. The summed E-state index contributed by atoms with van der Waals surface area (Å²) in [6.45, 7) is -0.0245. The summed E-state index contributed by atoms with van der Waals surface area (Å²) in [5.41, 5.74) is 7.27. The van der Waals surface area contributed by atoms with E-state index in [1.54, 1.807) is 12.5 Å². The zero-order valence-corrected chi connectivity index (χ0v) is 9.02. The molecule has 0 unspecified atom stereocenters. The quantitative estimate of drug-likeness (QED) is 0.734. The molecule has 0 saturated heterocycles. The number of aromatic nitrogens is 3. The molecule has 0 radical (unpaired) electrons. The Labute approximate surface area is 97.3 Å². The third kappa shape index (κ3) is 1.58. The first-order chi connectivity index (χ1) is 8.29. The van der Waals surface area contributed by atoms with Crippen LogP contribution >= 0.6 is 0 Å². The van der Waals surface area contributed by atoms with Gasteiger partial charge in [0.05, 0.1) is 18.5 Å². The topological polar surface area (TPSA) is 86.2 Å². The second-order valence-corrected chi connectivity index (χ2v) is 3.85. The van der Waals surface area contributed by atoms with E-state index in [4.69, 9.17) is 15.6 Å². The minimum atomic E-state index is -0.253. The predicted octanol–water partition coefficient (Wildman–Crippen LogP) is 0.459. The first kappa shape index (κ1) is 10.2. The fourth-order valence-corrected chi connectivity index (χ4v) is 1.94. The number of nitrogens with zero attached hydrogens (tertiary/aromatic N) is 3. The van der Waals surface area contributed by atoms with Gasteiger partial charge >= 0.3 is 0 Å². The van der Waals surface area contributed by atoms with Gasteiger partial charge in [0.15, 0.2) is 12.0 Å². The Bertz CT molecular complexity index is 578. The molecule has 2 atom stereocenters. The van der Waals surface area contributed by atoms with Crippen molar-refractivity contribution in [3.8, 4) is 0 Å². The first-order valence-corrected chi connectivity index (χ1v) is 5.31. The largest absolute Gasteiger partial charge is 0.393 e. The molecule has 6 heteroatoms. The maximum absolute atomic E-state index is 9.01. The molecule has 1 aliphatic rings. The van der Waals surface area contributed by atoms with E-state index in [2.05, 4.69) is 9.97 Å². The second kappa shape index (κ2) is 3.83. The van der Waals surface area contributed by atoms with Crippen LogP contribution in [0, 0.1) is 0 Å². The Morgan fingerprint density at radius 3 is 3.06 bits per heavy atom. The summed E-state index contributed by atoms with van der Waals surface area (Å²) >= 11 is 0. The zero-order valence-electron chi connectivity index (χ0n) is 9.02. The van der Waals surface area contributed by atoms with E-state index in [-0.39, 0.29) is 18.9 Å². The van der Waals surface area contributed by atoms with Crippen LogP contribution < -0.4 is 5.73 Å². The van der Waals surface area contributed by atoms with Crippen LogP contribution in [-0.2, 0) is 4.74 Å². The summed E-state index contributed by atoms with van der Waals surface area (Å²) in [6, 6.07) is 1.84. The van der Waals surface area contributed by atoms with E-state index in [1.165, 1.54) is 0 Å². The Hall–Kier alpha value is -1.92. The number of nitrogens with two attached hydrogens (primary N) is 1. The monoisotopic (exact) mass is 232 g/mol. The number of fused-ring (bicyclic) bond motifs is 1. The minimum Gasteiger partial charge on any atom is -0.393 e. The lowest BCUT2D eigenvalue weighted by molar-refractivity contribution is -0.00615. The lowest BCUT2D eigenvalue weighted by Gasteiger charge is -2.14. The number of anilines is 1. The van der Waals surface area contributed by atoms with Gasteiger partial charge in [0.1, 0.15) is 11.6 Å². The molecule has 2 aromatic rings. The molecule has 3 rings (SSSR count). The standard InChI is InChI=1S/C11H12N4O2/c12-11-10-8(3-4-13-11)15(6-14-10)9-2-1-7(5-16)17-9/h1-4,6-7,9,16H,5H2,(H2,12,13)/t7-,9+/m0/s1. The fourth-order valence-electron chi connectivity index (χ4n) is 1.94. The molecule has 0 saturated carbocycles. The summed E-state index contributed by atoms with van der Waals surface area (Å²) in [7, 11) is 0. The highest BCUT2D eigenvalue weighted by atomic mass is 16.5. The van der Waals surface area contributed by atoms with Crippen LogP contribution in [0.2, 0.25) is 0 Å². The molecule has 6 nitrogen and oxygen atoms in total. The summed E-state index contributed by atoms with van der Waals surface area (Å²) in [5, 5.41) is 9.01. The molecule has 0 bridgehead atoms. The van der Waals surface area contributed by atoms with Crippen LogP contribution in [0.25, 0.3) is 11.0 Å². The van der Waals surface area contributed by atoms with Crippen molar-refractivity contribution < 1.29 is 9.84 Å². The van der Waals surface area contributed by atoms with Gasteiger partial charge in [-0.15, -0.1) is 0 Å². The predicted molar refractivity (Wildman–Crippen MR) is 62.1 cm³/mol. The Morgan fingerprint density at radius 1 is 1.41 bits per heavy atom. The summed E-state index contributed by atoms with van der Waals surface area (Å²) in [6.07, 6.45) is 6.52.